The Balaban J connectivity index is 2.37. The lowest BCUT2D eigenvalue weighted by atomic mass is 9.92. The van der Waals surface area contributed by atoms with Crippen LogP contribution in [0.3, 0.4) is 0 Å². The van der Waals surface area contributed by atoms with Gasteiger partial charge < -0.3 is 15.2 Å². The molecule has 0 radical (unpaired) electrons. The summed E-state index contributed by atoms with van der Waals surface area (Å²) in [5.41, 5.74) is -0.561. The second-order valence-corrected chi connectivity index (χ2v) is 5.61. The van der Waals surface area contributed by atoms with Gasteiger partial charge in [-0.25, -0.2) is 0 Å². The molecule has 96 valence electrons. The minimum absolute atomic E-state index is 0.0214. The molecule has 16 heavy (non-hydrogen) atoms. The molecule has 1 heterocycles. The van der Waals surface area contributed by atoms with Crippen molar-refractivity contribution in [1.82, 2.24) is 5.32 Å². The molecule has 1 fully saturated rings. The van der Waals surface area contributed by atoms with Crippen LogP contribution in [0.25, 0.3) is 0 Å². The molecule has 0 spiro atoms. The number of aliphatic hydroxyl groups is 1. The molecule has 0 aromatic rings. The second kappa shape index (κ2) is 5.48. The smallest absolute Gasteiger partial charge is 0.0766 e. The van der Waals surface area contributed by atoms with Crippen molar-refractivity contribution in [2.24, 2.45) is 0 Å². The van der Waals surface area contributed by atoms with Crippen molar-refractivity contribution < 1.29 is 9.84 Å². The molecule has 0 aromatic heterocycles. The molecule has 1 aliphatic heterocycles. The van der Waals surface area contributed by atoms with E-state index in [2.05, 4.69) is 19.2 Å². The lowest BCUT2D eigenvalue weighted by Crippen LogP contribution is -2.49. The van der Waals surface area contributed by atoms with Gasteiger partial charge in [-0.3, -0.25) is 0 Å². The van der Waals surface area contributed by atoms with Crippen LogP contribution in [0.1, 0.15) is 53.4 Å². The summed E-state index contributed by atoms with van der Waals surface area (Å²) in [7, 11) is 0. The average Bonchev–Trinajstić information content (AvgIpc) is 2.25. The Bertz CT molecular complexity index is 212. The van der Waals surface area contributed by atoms with Crippen LogP contribution in [0.4, 0.5) is 0 Å². The van der Waals surface area contributed by atoms with Crippen LogP contribution in [0.2, 0.25) is 0 Å². The fraction of sp³-hybridized carbons (Fsp3) is 1.00. The summed E-state index contributed by atoms with van der Waals surface area (Å²) >= 11 is 0. The maximum atomic E-state index is 10.2. The highest BCUT2D eigenvalue weighted by atomic mass is 16.5. The molecule has 2 N–H and O–H groups in total. The summed E-state index contributed by atoms with van der Waals surface area (Å²) in [5.74, 6) is 0. The Labute approximate surface area is 99.6 Å². The quantitative estimate of drug-likeness (QED) is 0.758. The lowest BCUT2D eigenvalue weighted by molar-refractivity contribution is -0.0666. The summed E-state index contributed by atoms with van der Waals surface area (Å²) in [6, 6.07) is 0.480. The first kappa shape index (κ1) is 13.9. The Morgan fingerprint density at radius 3 is 2.50 bits per heavy atom. The van der Waals surface area contributed by atoms with Crippen molar-refractivity contribution in [2.45, 2.75) is 70.6 Å². The van der Waals surface area contributed by atoms with E-state index in [1.54, 1.807) is 0 Å². The molecule has 3 nitrogen and oxygen atoms in total. The maximum Gasteiger partial charge on any atom is 0.0766 e. The van der Waals surface area contributed by atoms with Crippen LogP contribution in [0, 0.1) is 0 Å². The fourth-order valence-corrected chi connectivity index (χ4v) is 2.24. The van der Waals surface area contributed by atoms with E-state index in [1.807, 2.05) is 13.8 Å². The minimum Gasteiger partial charge on any atom is -0.389 e. The van der Waals surface area contributed by atoms with E-state index in [9.17, 15) is 5.11 Å². The van der Waals surface area contributed by atoms with Crippen molar-refractivity contribution in [3.05, 3.63) is 0 Å². The first-order valence-corrected chi connectivity index (χ1v) is 6.50. The summed E-state index contributed by atoms with van der Waals surface area (Å²) in [6.45, 7) is 9.86. The standard InChI is InChI=1S/C13H27NO2/c1-5-13(15,6-2)10-14-11-7-8-16-12(3,4)9-11/h11,14-15H,5-10H2,1-4H3. The summed E-state index contributed by atoms with van der Waals surface area (Å²) in [5, 5.41) is 13.7. The Morgan fingerprint density at radius 1 is 1.38 bits per heavy atom. The number of ether oxygens (including phenoxy) is 1. The number of hydrogen-bond acceptors (Lipinski definition) is 3. The normalized spacial score (nSPS) is 25.7. The molecule has 0 saturated carbocycles. The third-order valence-corrected chi connectivity index (χ3v) is 3.73. The van der Waals surface area contributed by atoms with Crippen molar-refractivity contribution in [2.75, 3.05) is 13.2 Å². The number of nitrogens with one attached hydrogen (secondary N) is 1. The van der Waals surface area contributed by atoms with Gasteiger partial charge in [-0.1, -0.05) is 13.8 Å². The molecule has 0 aromatic carbocycles. The minimum atomic E-state index is -0.539. The van der Waals surface area contributed by atoms with Crippen LogP contribution in [0.15, 0.2) is 0 Å². The van der Waals surface area contributed by atoms with Crippen LogP contribution >= 0.6 is 0 Å². The van der Waals surface area contributed by atoms with Gasteiger partial charge in [0.25, 0.3) is 0 Å². The van der Waals surface area contributed by atoms with E-state index in [1.165, 1.54) is 0 Å². The van der Waals surface area contributed by atoms with Gasteiger partial charge in [-0.15, -0.1) is 0 Å². The molecule has 0 bridgehead atoms. The van der Waals surface area contributed by atoms with Gasteiger partial charge in [0.1, 0.15) is 0 Å². The summed E-state index contributed by atoms with van der Waals surface area (Å²) in [6.07, 6.45) is 3.69. The highest BCUT2D eigenvalue weighted by molar-refractivity contribution is 4.86. The van der Waals surface area contributed by atoms with Crippen molar-refractivity contribution in [3.8, 4) is 0 Å². The van der Waals surface area contributed by atoms with Crippen LogP contribution in [0.5, 0.6) is 0 Å². The van der Waals surface area contributed by atoms with Crippen molar-refractivity contribution in [3.63, 3.8) is 0 Å². The van der Waals surface area contributed by atoms with E-state index in [-0.39, 0.29) is 5.60 Å². The van der Waals surface area contributed by atoms with E-state index in [4.69, 9.17) is 4.74 Å². The zero-order chi connectivity index (χ0) is 12.2. The maximum absolute atomic E-state index is 10.2. The van der Waals surface area contributed by atoms with Crippen molar-refractivity contribution in [1.29, 1.82) is 0 Å². The highest BCUT2D eigenvalue weighted by Gasteiger charge is 2.30. The van der Waals surface area contributed by atoms with Gasteiger partial charge in [0.15, 0.2) is 0 Å². The molecule has 3 heteroatoms. The van der Waals surface area contributed by atoms with Gasteiger partial charge in [0, 0.05) is 19.2 Å². The van der Waals surface area contributed by atoms with Gasteiger partial charge in [-0.05, 0) is 39.5 Å². The molecule has 1 rings (SSSR count). The molecule has 0 aliphatic carbocycles. The van der Waals surface area contributed by atoms with E-state index < -0.39 is 5.60 Å². The van der Waals surface area contributed by atoms with Gasteiger partial charge >= 0.3 is 0 Å². The van der Waals surface area contributed by atoms with E-state index in [0.29, 0.717) is 12.6 Å². The predicted molar refractivity (Wildman–Crippen MR) is 66.6 cm³/mol. The van der Waals surface area contributed by atoms with Gasteiger partial charge in [0.2, 0.25) is 0 Å². The average molecular weight is 229 g/mol. The first-order chi connectivity index (χ1) is 7.41. The van der Waals surface area contributed by atoms with Gasteiger partial charge in [0.05, 0.1) is 11.2 Å². The number of hydrogen-bond donors (Lipinski definition) is 2. The largest absolute Gasteiger partial charge is 0.389 e. The molecule has 1 atom stereocenters. The zero-order valence-corrected chi connectivity index (χ0v) is 11.2. The molecular formula is C13H27NO2. The molecule has 1 unspecified atom stereocenters. The molecule has 1 saturated heterocycles. The topological polar surface area (TPSA) is 41.5 Å². The first-order valence-electron chi connectivity index (χ1n) is 6.50. The SMILES string of the molecule is CCC(O)(CC)CNC1CCOC(C)(C)C1. The zero-order valence-electron chi connectivity index (χ0n) is 11.2. The third kappa shape index (κ3) is 4.04. The monoisotopic (exact) mass is 229 g/mol. The predicted octanol–water partition coefficient (Wildman–Crippen LogP) is 2.08. The Kier molecular flexibility index (Phi) is 4.77. The summed E-state index contributed by atoms with van der Waals surface area (Å²) < 4.78 is 5.68. The Hall–Kier alpha value is -0.120. The third-order valence-electron chi connectivity index (χ3n) is 3.73. The van der Waals surface area contributed by atoms with Crippen LogP contribution < -0.4 is 5.32 Å². The number of rotatable bonds is 5. The fourth-order valence-electron chi connectivity index (χ4n) is 2.24. The second-order valence-electron chi connectivity index (χ2n) is 5.61. The molecular weight excluding hydrogens is 202 g/mol. The molecule has 1 aliphatic rings. The van der Waals surface area contributed by atoms with Crippen molar-refractivity contribution >= 4 is 0 Å². The summed E-state index contributed by atoms with van der Waals surface area (Å²) in [4.78, 5) is 0. The van der Waals surface area contributed by atoms with Crippen LogP contribution in [-0.4, -0.2) is 35.5 Å². The van der Waals surface area contributed by atoms with Gasteiger partial charge in [-0.2, -0.15) is 0 Å². The van der Waals surface area contributed by atoms with Crippen LogP contribution in [-0.2, 0) is 4.74 Å². The molecule has 0 amide bonds. The lowest BCUT2D eigenvalue weighted by Gasteiger charge is -2.37. The highest BCUT2D eigenvalue weighted by Crippen LogP contribution is 2.24. The van der Waals surface area contributed by atoms with E-state index >= 15 is 0 Å². The Morgan fingerprint density at radius 2 is 2.00 bits per heavy atom. The van der Waals surface area contributed by atoms with E-state index in [0.717, 1.165) is 32.3 Å².